The number of carbonyl (C=O) groups excluding carboxylic acids is 1. The number of hydrogen-bond acceptors (Lipinski definition) is 5. The number of hydrogen-bond donors (Lipinski definition) is 1. The van der Waals surface area contributed by atoms with Crippen molar-refractivity contribution in [1.82, 2.24) is 0 Å². The molecule has 6 nitrogen and oxygen atoms in total. The number of rotatable bonds is 10. The lowest BCUT2D eigenvalue weighted by atomic mass is 9.87. The fourth-order valence-electron chi connectivity index (χ4n) is 3.52. The molecule has 0 atom stereocenters. The largest absolute Gasteiger partial charge is 0.493 e. The Hall–Kier alpha value is -3.02. The molecule has 1 aliphatic rings. The Morgan fingerprint density at radius 1 is 1.15 bits per heavy atom. The van der Waals surface area contributed by atoms with Gasteiger partial charge in [0, 0.05) is 17.2 Å². The molecule has 2 aromatic rings. The molecule has 0 aromatic heterocycles. The highest BCUT2D eigenvalue weighted by Crippen LogP contribution is 2.27. The minimum absolute atomic E-state index is 0.0309. The van der Waals surface area contributed by atoms with Gasteiger partial charge >= 0.3 is 0 Å². The number of aliphatic imine (C=N–C) groups is 1. The normalized spacial score (nSPS) is 14.9. The third-order valence-electron chi connectivity index (χ3n) is 5.64. The van der Waals surface area contributed by atoms with Gasteiger partial charge < -0.3 is 19.5 Å². The third-order valence-corrected chi connectivity index (χ3v) is 5.64. The highest BCUT2D eigenvalue weighted by molar-refractivity contribution is 5.94. The lowest BCUT2D eigenvalue weighted by Gasteiger charge is -2.24. The predicted molar refractivity (Wildman–Crippen MR) is 132 cm³/mol. The van der Waals surface area contributed by atoms with E-state index in [1.165, 1.54) is 5.56 Å². The fourth-order valence-corrected chi connectivity index (χ4v) is 3.52. The summed E-state index contributed by atoms with van der Waals surface area (Å²) in [6.07, 6.45) is 1.50. The first kappa shape index (κ1) is 24.6. The van der Waals surface area contributed by atoms with Crippen LogP contribution in [-0.2, 0) is 9.53 Å². The molecule has 0 spiro atoms. The topological polar surface area (TPSA) is 69.2 Å². The molecule has 3 rings (SSSR count). The first-order valence-electron chi connectivity index (χ1n) is 11.5. The highest BCUT2D eigenvalue weighted by atomic mass is 16.5. The van der Waals surface area contributed by atoms with Crippen molar-refractivity contribution in [2.45, 2.75) is 59.9 Å². The van der Waals surface area contributed by atoms with Crippen molar-refractivity contribution in [2.24, 2.45) is 10.4 Å². The summed E-state index contributed by atoms with van der Waals surface area (Å²) in [4.78, 5) is 17.4. The minimum atomic E-state index is -0.528. The van der Waals surface area contributed by atoms with Crippen molar-refractivity contribution in [2.75, 3.05) is 25.1 Å². The van der Waals surface area contributed by atoms with Gasteiger partial charge in [-0.2, -0.15) is 0 Å². The Bertz CT molecular complexity index is 1010. The summed E-state index contributed by atoms with van der Waals surface area (Å²) >= 11 is 0. The Morgan fingerprint density at radius 2 is 1.94 bits per heavy atom. The number of benzene rings is 2. The first-order chi connectivity index (χ1) is 15.5. The number of amides is 1. The average Bonchev–Trinajstić information content (AvgIpc) is 3.11. The molecular weight excluding hydrogens is 416 g/mol. The van der Waals surface area contributed by atoms with Gasteiger partial charge in [0.1, 0.15) is 18.1 Å². The second-order valence-corrected chi connectivity index (χ2v) is 9.98. The number of nitrogens with zero attached hydrogens (tertiary/aromatic N) is 1. The van der Waals surface area contributed by atoms with Crippen molar-refractivity contribution in [3.05, 3.63) is 53.6 Å². The minimum Gasteiger partial charge on any atom is -0.493 e. The van der Waals surface area contributed by atoms with Crippen LogP contribution in [0.3, 0.4) is 0 Å². The number of nitrogens with one attached hydrogen (secondary N) is 1. The summed E-state index contributed by atoms with van der Waals surface area (Å²) in [5, 5.41) is 3.02. The van der Waals surface area contributed by atoms with Crippen molar-refractivity contribution < 1.29 is 19.0 Å². The van der Waals surface area contributed by atoms with Crippen LogP contribution in [0.5, 0.6) is 11.5 Å². The summed E-state index contributed by atoms with van der Waals surface area (Å²) < 4.78 is 17.3. The van der Waals surface area contributed by atoms with E-state index in [0.29, 0.717) is 37.0 Å². The Morgan fingerprint density at radius 3 is 2.67 bits per heavy atom. The third kappa shape index (κ3) is 7.24. The van der Waals surface area contributed by atoms with Crippen LogP contribution in [0.25, 0.3) is 0 Å². The van der Waals surface area contributed by atoms with E-state index in [1.54, 1.807) is 0 Å². The number of carbonyl (C=O) groups is 1. The number of ether oxygens (including phenoxy) is 3. The van der Waals surface area contributed by atoms with Gasteiger partial charge in [-0.05, 0) is 69.9 Å². The second kappa shape index (κ2) is 10.3. The molecule has 178 valence electrons. The average molecular weight is 453 g/mol. The molecule has 0 saturated heterocycles. The summed E-state index contributed by atoms with van der Waals surface area (Å²) in [5.41, 5.74) is 2.26. The van der Waals surface area contributed by atoms with Crippen LogP contribution in [0.2, 0.25) is 0 Å². The van der Waals surface area contributed by atoms with Crippen molar-refractivity contribution >= 4 is 17.5 Å². The maximum Gasteiger partial charge on any atom is 0.230 e. The van der Waals surface area contributed by atoms with Gasteiger partial charge in [0.2, 0.25) is 11.8 Å². The van der Waals surface area contributed by atoms with Gasteiger partial charge in [-0.15, -0.1) is 0 Å². The van der Waals surface area contributed by atoms with Crippen LogP contribution < -0.4 is 14.8 Å². The molecule has 1 aliphatic heterocycles. The zero-order chi connectivity index (χ0) is 24.1. The van der Waals surface area contributed by atoms with E-state index in [4.69, 9.17) is 14.2 Å². The van der Waals surface area contributed by atoms with Gasteiger partial charge in [-0.1, -0.05) is 32.0 Å². The van der Waals surface area contributed by atoms with Crippen LogP contribution in [0, 0.1) is 19.3 Å². The van der Waals surface area contributed by atoms with Crippen LogP contribution in [0.4, 0.5) is 5.69 Å². The van der Waals surface area contributed by atoms with Crippen LogP contribution in [0.1, 0.15) is 51.7 Å². The maximum absolute atomic E-state index is 12.9. The van der Waals surface area contributed by atoms with E-state index in [0.717, 1.165) is 17.7 Å². The standard InChI is InChI=1S/C27H36N2O4/c1-19-11-12-20(2)23(15-19)31-14-8-13-26(3,4)25(30)28-21-9-7-10-22(16-21)32-17-24-29-27(5,6)18-33-24/h7,9-12,15-16H,8,13-14,17-18H2,1-6H3,(H,28,30). The van der Waals surface area contributed by atoms with E-state index in [9.17, 15) is 4.79 Å². The van der Waals surface area contributed by atoms with Crippen molar-refractivity contribution in [3.63, 3.8) is 0 Å². The van der Waals surface area contributed by atoms with E-state index in [-0.39, 0.29) is 18.1 Å². The maximum atomic E-state index is 12.9. The molecule has 6 heteroatoms. The molecule has 0 fully saturated rings. The van der Waals surface area contributed by atoms with Gasteiger partial charge in [-0.3, -0.25) is 4.79 Å². The predicted octanol–water partition coefficient (Wildman–Crippen LogP) is 5.71. The quantitative estimate of drug-likeness (QED) is 0.469. The highest BCUT2D eigenvalue weighted by Gasteiger charge is 2.28. The zero-order valence-corrected chi connectivity index (χ0v) is 20.7. The summed E-state index contributed by atoms with van der Waals surface area (Å²) in [7, 11) is 0. The van der Waals surface area contributed by atoms with Crippen molar-refractivity contribution in [3.8, 4) is 11.5 Å². The van der Waals surface area contributed by atoms with E-state index in [1.807, 2.05) is 58.9 Å². The SMILES string of the molecule is Cc1ccc(C)c(OCCCC(C)(C)C(=O)Nc2cccc(OCC3=NC(C)(C)CO3)c2)c1. The molecule has 33 heavy (non-hydrogen) atoms. The second-order valence-electron chi connectivity index (χ2n) is 9.98. The molecule has 0 bridgehead atoms. The summed E-state index contributed by atoms with van der Waals surface area (Å²) in [5.74, 6) is 2.13. The summed E-state index contributed by atoms with van der Waals surface area (Å²) in [6, 6.07) is 13.6. The molecule has 1 N–H and O–H groups in total. The first-order valence-corrected chi connectivity index (χ1v) is 11.5. The Labute approximate surface area is 197 Å². The molecular formula is C27H36N2O4. The fraction of sp³-hybridized carbons (Fsp3) is 0.481. The van der Waals surface area contributed by atoms with Crippen LogP contribution >= 0.6 is 0 Å². The molecule has 0 unspecified atom stereocenters. The van der Waals surface area contributed by atoms with E-state index in [2.05, 4.69) is 35.4 Å². The van der Waals surface area contributed by atoms with Crippen LogP contribution in [0.15, 0.2) is 47.5 Å². The number of aryl methyl sites for hydroxylation is 2. The Balaban J connectivity index is 1.48. The van der Waals surface area contributed by atoms with E-state index < -0.39 is 5.41 Å². The van der Waals surface area contributed by atoms with Crippen molar-refractivity contribution in [1.29, 1.82) is 0 Å². The molecule has 0 aliphatic carbocycles. The lowest BCUT2D eigenvalue weighted by molar-refractivity contribution is -0.124. The number of anilines is 1. The smallest absolute Gasteiger partial charge is 0.230 e. The van der Waals surface area contributed by atoms with Crippen LogP contribution in [-0.4, -0.2) is 37.2 Å². The van der Waals surface area contributed by atoms with E-state index >= 15 is 0 Å². The molecule has 0 saturated carbocycles. The Kier molecular flexibility index (Phi) is 7.67. The van der Waals surface area contributed by atoms with Gasteiger partial charge in [0.25, 0.3) is 0 Å². The monoisotopic (exact) mass is 452 g/mol. The molecule has 0 radical (unpaired) electrons. The van der Waals surface area contributed by atoms with Gasteiger partial charge in [0.15, 0.2) is 6.61 Å². The molecule has 1 amide bonds. The molecule has 2 aromatic carbocycles. The zero-order valence-electron chi connectivity index (χ0n) is 20.7. The van der Waals surface area contributed by atoms with Gasteiger partial charge in [0.05, 0.1) is 12.1 Å². The van der Waals surface area contributed by atoms with Gasteiger partial charge in [-0.25, -0.2) is 4.99 Å². The summed E-state index contributed by atoms with van der Waals surface area (Å²) in [6.45, 7) is 13.5. The lowest BCUT2D eigenvalue weighted by Crippen LogP contribution is -2.31. The molecule has 1 heterocycles.